The molecule has 7 heteroatoms. The smallest absolute Gasteiger partial charge is 0.225 e. The van der Waals surface area contributed by atoms with E-state index in [-0.39, 0.29) is 6.54 Å². The maximum atomic E-state index is 13.3. The molecule has 0 aliphatic rings. The van der Waals surface area contributed by atoms with E-state index in [1.807, 2.05) is 19.1 Å². The molecule has 0 unspecified atom stereocenters. The van der Waals surface area contributed by atoms with Gasteiger partial charge >= 0.3 is 0 Å². The van der Waals surface area contributed by atoms with E-state index in [0.29, 0.717) is 29.6 Å². The van der Waals surface area contributed by atoms with Crippen LogP contribution in [0.3, 0.4) is 0 Å². The third-order valence-corrected chi connectivity index (χ3v) is 3.41. The third kappa shape index (κ3) is 4.47. The second kappa shape index (κ2) is 7.65. The minimum Gasteiger partial charge on any atom is -0.366 e. The Morgan fingerprint density at radius 2 is 1.80 bits per heavy atom. The van der Waals surface area contributed by atoms with E-state index in [1.165, 1.54) is 12.1 Å². The predicted octanol–water partition coefficient (Wildman–Crippen LogP) is 3.86. The quantitative estimate of drug-likeness (QED) is 0.713. The number of nitrogens with zero attached hydrogens (tertiary/aromatic N) is 3. The van der Waals surface area contributed by atoms with Gasteiger partial charge in [0.25, 0.3) is 0 Å². The molecule has 0 atom stereocenters. The zero-order valence-electron chi connectivity index (χ0n) is 13.6. The molecule has 1 aromatic carbocycles. The summed E-state index contributed by atoms with van der Waals surface area (Å²) < 4.78 is 26.6. The molecule has 0 radical (unpaired) electrons. The number of aromatic nitrogens is 3. The summed E-state index contributed by atoms with van der Waals surface area (Å²) in [6.07, 6.45) is 3.40. The van der Waals surface area contributed by atoms with Crippen LogP contribution in [0.25, 0.3) is 11.3 Å². The summed E-state index contributed by atoms with van der Waals surface area (Å²) in [5.74, 6) is -0.195. The minimum atomic E-state index is -0.608. The molecule has 0 amide bonds. The predicted molar refractivity (Wildman–Crippen MR) is 93.1 cm³/mol. The Bertz CT molecular complexity index is 835. The van der Waals surface area contributed by atoms with Gasteiger partial charge in [-0.1, -0.05) is 0 Å². The van der Waals surface area contributed by atoms with Crippen LogP contribution in [0.5, 0.6) is 0 Å². The zero-order chi connectivity index (χ0) is 17.6. The maximum absolute atomic E-state index is 13.3. The topological polar surface area (TPSA) is 62.7 Å². The fourth-order valence-corrected chi connectivity index (χ4v) is 2.34. The van der Waals surface area contributed by atoms with E-state index in [1.54, 1.807) is 18.5 Å². The lowest BCUT2D eigenvalue weighted by Gasteiger charge is -2.11. The van der Waals surface area contributed by atoms with E-state index in [0.717, 1.165) is 11.6 Å². The molecule has 0 saturated heterocycles. The van der Waals surface area contributed by atoms with Crippen molar-refractivity contribution in [2.75, 3.05) is 17.2 Å². The number of rotatable bonds is 6. The molecule has 3 rings (SSSR count). The van der Waals surface area contributed by atoms with E-state index in [4.69, 9.17) is 0 Å². The van der Waals surface area contributed by atoms with E-state index >= 15 is 0 Å². The van der Waals surface area contributed by atoms with Crippen molar-refractivity contribution < 1.29 is 8.78 Å². The van der Waals surface area contributed by atoms with Gasteiger partial charge in [0.2, 0.25) is 5.95 Å². The van der Waals surface area contributed by atoms with Crippen LogP contribution in [0.2, 0.25) is 0 Å². The molecule has 5 nitrogen and oxygen atoms in total. The summed E-state index contributed by atoms with van der Waals surface area (Å²) in [7, 11) is 0. The SMILES string of the molecule is CCNc1nc(NCc2cc(F)cc(F)c2)cc(-c2cccnc2)n1. The highest BCUT2D eigenvalue weighted by atomic mass is 19.1. The first-order valence-electron chi connectivity index (χ1n) is 7.86. The van der Waals surface area contributed by atoms with Crippen LogP contribution < -0.4 is 10.6 Å². The largest absolute Gasteiger partial charge is 0.366 e. The van der Waals surface area contributed by atoms with Gasteiger partial charge in [0.15, 0.2) is 0 Å². The Kier molecular flexibility index (Phi) is 5.13. The molecule has 2 N–H and O–H groups in total. The fourth-order valence-electron chi connectivity index (χ4n) is 2.34. The highest BCUT2D eigenvalue weighted by Gasteiger charge is 2.07. The van der Waals surface area contributed by atoms with Gasteiger partial charge in [-0.2, -0.15) is 4.98 Å². The van der Waals surface area contributed by atoms with Crippen molar-refractivity contribution in [3.8, 4) is 11.3 Å². The number of nitrogens with one attached hydrogen (secondary N) is 2. The average Bonchev–Trinajstić information content (AvgIpc) is 2.60. The second-order valence-corrected chi connectivity index (χ2v) is 5.37. The highest BCUT2D eigenvalue weighted by molar-refractivity contribution is 5.63. The molecule has 128 valence electrons. The molecule has 25 heavy (non-hydrogen) atoms. The van der Waals surface area contributed by atoms with Gasteiger partial charge < -0.3 is 10.6 Å². The number of hydrogen-bond donors (Lipinski definition) is 2. The van der Waals surface area contributed by atoms with Crippen molar-refractivity contribution >= 4 is 11.8 Å². The van der Waals surface area contributed by atoms with Gasteiger partial charge in [-0.05, 0) is 36.8 Å². The molecular weight excluding hydrogens is 324 g/mol. The van der Waals surface area contributed by atoms with Crippen LogP contribution in [0.1, 0.15) is 12.5 Å². The van der Waals surface area contributed by atoms with Crippen molar-refractivity contribution in [1.29, 1.82) is 0 Å². The summed E-state index contributed by atoms with van der Waals surface area (Å²) in [6.45, 7) is 2.86. The summed E-state index contributed by atoms with van der Waals surface area (Å²) in [5.41, 5.74) is 2.04. The second-order valence-electron chi connectivity index (χ2n) is 5.37. The first-order chi connectivity index (χ1) is 12.1. The first-order valence-corrected chi connectivity index (χ1v) is 7.86. The molecule has 2 heterocycles. The molecular formula is C18H17F2N5. The molecule has 0 spiro atoms. The van der Waals surface area contributed by atoms with Crippen molar-refractivity contribution in [2.45, 2.75) is 13.5 Å². The third-order valence-electron chi connectivity index (χ3n) is 3.41. The molecule has 0 aliphatic heterocycles. The lowest BCUT2D eigenvalue weighted by atomic mass is 10.2. The zero-order valence-corrected chi connectivity index (χ0v) is 13.6. The lowest BCUT2D eigenvalue weighted by molar-refractivity contribution is 0.580. The monoisotopic (exact) mass is 341 g/mol. The Balaban J connectivity index is 1.85. The Morgan fingerprint density at radius 1 is 1.00 bits per heavy atom. The summed E-state index contributed by atoms with van der Waals surface area (Å²) in [5, 5.41) is 6.15. The standard InChI is InChI=1S/C18H17F2N5/c1-2-22-18-24-16(13-4-3-5-21-11-13)9-17(25-18)23-10-12-6-14(19)8-15(20)7-12/h3-9,11H,2,10H2,1H3,(H2,22,23,24,25). The minimum absolute atomic E-state index is 0.240. The van der Waals surface area contributed by atoms with E-state index < -0.39 is 11.6 Å². The molecule has 0 bridgehead atoms. The Labute approximate surface area is 144 Å². The van der Waals surface area contributed by atoms with Crippen molar-refractivity contribution in [1.82, 2.24) is 15.0 Å². The number of pyridine rings is 1. The van der Waals surface area contributed by atoms with E-state index in [9.17, 15) is 8.78 Å². The van der Waals surface area contributed by atoms with Crippen LogP contribution >= 0.6 is 0 Å². The average molecular weight is 341 g/mol. The van der Waals surface area contributed by atoms with Gasteiger partial charge in [0.1, 0.15) is 17.5 Å². The number of benzene rings is 1. The normalized spacial score (nSPS) is 10.5. The molecule has 3 aromatic rings. The van der Waals surface area contributed by atoms with Gasteiger partial charge in [-0.25, -0.2) is 13.8 Å². The highest BCUT2D eigenvalue weighted by Crippen LogP contribution is 2.21. The molecule has 0 fully saturated rings. The van der Waals surface area contributed by atoms with Crippen molar-refractivity contribution in [3.05, 3.63) is 66.0 Å². The van der Waals surface area contributed by atoms with Crippen LogP contribution in [0, 0.1) is 11.6 Å². The van der Waals surface area contributed by atoms with Gasteiger partial charge in [0.05, 0.1) is 5.69 Å². The molecule has 0 aliphatic carbocycles. The number of anilines is 2. The van der Waals surface area contributed by atoms with Crippen molar-refractivity contribution in [2.24, 2.45) is 0 Å². The van der Waals surface area contributed by atoms with Crippen LogP contribution in [0.15, 0.2) is 48.8 Å². The Morgan fingerprint density at radius 3 is 2.48 bits per heavy atom. The van der Waals surface area contributed by atoms with Gasteiger partial charge in [-0.15, -0.1) is 0 Å². The summed E-state index contributed by atoms with van der Waals surface area (Å²) in [6, 6.07) is 8.91. The summed E-state index contributed by atoms with van der Waals surface area (Å²) >= 11 is 0. The van der Waals surface area contributed by atoms with Gasteiger partial charge in [-0.3, -0.25) is 4.98 Å². The fraction of sp³-hybridized carbons (Fsp3) is 0.167. The first kappa shape index (κ1) is 16.8. The number of halogens is 2. The van der Waals surface area contributed by atoms with Crippen LogP contribution in [-0.2, 0) is 6.54 Å². The maximum Gasteiger partial charge on any atom is 0.225 e. The molecule has 0 saturated carbocycles. The number of hydrogen-bond acceptors (Lipinski definition) is 5. The lowest BCUT2D eigenvalue weighted by Crippen LogP contribution is -2.08. The van der Waals surface area contributed by atoms with E-state index in [2.05, 4.69) is 25.6 Å². The van der Waals surface area contributed by atoms with Crippen molar-refractivity contribution in [3.63, 3.8) is 0 Å². The van der Waals surface area contributed by atoms with Crippen LogP contribution in [0.4, 0.5) is 20.5 Å². The summed E-state index contributed by atoms with van der Waals surface area (Å²) in [4.78, 5) is 12.9. The van der Waals surface area contributed by atoms with Gasteiger partial charge in [0, 0.05) is 43.2 Å². The Hall–Kier alpha value is -3.09. The van der Waals surface area contributed by atoms with Crippen LogP contribution in [-0.4, -0.2) is 21.5 Å². The molecule has 2 aromatic heterocycles.